The Hall–Kier alpha value is -1.68. The standard InChI is InChI=1S/C10H7ClN2O2/c1-6-2-3-7-8(11)4-5-9(13(14)15)10(7)12-6/h2-5H,1H3. The Morgan fingerprint density at radius 1 is 1.33 bits per heavy atom. The molecule has 1 aromatic carbocycles. The number of nitrogens with zero attached hydrogens (tertiary/aromatic N) is 2. The van der Waals surface area contributed by atoms with Crippen molar-refractivity contribution in [2.24, 2.45) is 0 Å². The fourth-order valence-electron chi connectivity index (χ4n) is 1.41. The van der Waals surface area contributed by atoms with Crippen LogP contribution in [0.3, 0.4) is 0 Å². The number of rotatable bonds is 1. The number of halogens is 1. The molecule has 0 saturated carbocycles. The van der Waals surface area contributed by atoms with Gasteiger partial charge in [0.15, 0.2) is 0 Å². The summed E-state index contributed by atoms with van der Waals surface area (Å²) in [7, 11) is 0. The summed E-state index contributed by atoms with van der Waals surface area (Å²) in [5.74, 6) is 0. The molecule has 0 amide bonds. The summed E-state index contributed by atoms with van der Waals surface area (Å²) in [5.41, 5.74) is 1.05. The van der Waals surface area contributed by atoms with E-state index in [4.69, 9.17) is 11.6 Å². The molecule has 76 valence electrons. The smallest absolute Gasteiger partial charge is 0.258 e. The van der Waals surface area contributed by atoms with Crippen LogP contribution in [-0.4, -0.2) is 9.91 Å². The van der Waals surface area contributed by atoms with Crippen molar-refractivity contribution in [3.05, 3.63) is 45.1 Å². The normalized spacial score (nSPS) is 10.5. The molecule has 0 unspecified atom stereocenters. The molecule has 4 nitrogen and oxygen atoms in total. The third kappa shape index (κ3) is 1.64. The highest BCUT2D eigenvalue weighted by Crippen LogP contribution is 2.29. The Labute approximate surface area is 90.7 Å². The Morgan fingerprint density at radius 2 is 2.07 bits per heavy atom. The first-order chi connectivity index (χ1) is 7.09. The summed E-state index contributed by atoms with van der Waals surface area (Å²) in [6, 6.07) is 6.40. The second-order valence-corrected chi connectivity index (χ2v) is 3.58. The molecule has 0 saturated heterocycles. The van der Waals surface area contributed by atoms with E-state index in [0.717, 1.165) is 5.69 Å². The van der Waals surface area contributed by atoms with Crippen LogP contribution >= 0.6 is 11.6 Å². The number of nitro benzene ring substituents is 1. The van der Waals surface area contributed by atoms with E-state index >= 15 is 0 Å². The van der Waals surface area contributed by atoms with Gasteiger partial charge in [-0.25, -0.2) is 4.98 Å². The number of nitro groups is 1. The molecular formula is C10H7ClN2O2. The predicted molar refractivity (Wildman–Crippen MR) is 58.1 cm³/mol. The third-order valence-electron chi connectivity index (χ3n) is 2.12. The molecule has 0 radical (unpaired) electrons. The summed E-state index contributed by atoms with van der Waals surface area (Å²) in [4.78, 5) is 14.4. The SMILES string of the molecule is Cc1ccc2c(Cl)ccc([N+](=O)[O-])c2n1. The van der Waals surface area contributed by atoms with Crippen LogP contribution < -0.4 is 0 Å². The molecule has 0 bridgehead atoms. The van der Waals surface area contributed by atoms with Crippen LogP contribution in [-0.2, 0) is 0 Å². The quantitative estimate of drug-likeness (QED) is 0.550. The van der Waals surface area contributed by atoms with Gasteiger partial charge in [0.1, 0.15) is 5.52 Å². The zero-order valence-electron chi connectivity index (χ0n) is 7.90. The summed E-state index contributed by atoms with van der Waals surface area (Å²) in [6.07, 6.45) is 0. The van der Waals surface area contributed by atoms with Crippen molar-refractivity contribution in [1.29, 1.82) is 0 Å². The van der Waals surface area contributed by atoms with E-state index in [2.05, 4.69) is 4.98 Å². The maximum Gasteiger partial charge on any atom is 0.295 e. The molecule has 2 aromatic rings. The maximum atomic E-state index is 10.8. The molecule has 0 atom stereocenters. The van der Waals surface area contributed by atoms with Gasteiger partial charge >= 0.3 is 0 Å². The summed E-state index contributed by atoms with van der Waals surface area (Å²) < 4.78 is 0. The van der Waals surface area contributed by atoms with Gasteiger partial charge < -0.3 is 0 Å². The second-order valence-electron chi connectivity index (χ2n) is 3.17. The van der Waals surface area contributed by atoms with Crippen LogP contribution in [0.5, 0.6) is 0 Å². The zero-order valence-corrected chi connectivity index (χ0v) is 8.65. The van der Waals surface area contributed by atoms with Crippen molar-refractivity contribution in [2.45, 2.75) is 6.92 Å². The number of hydrogen-bond donors (Lipinski definition) is 0. The third-order valence-corrected chi connectivity index (χ3v) is 2.45. The van der Waals surface area contributed by atoms with Crippen LogP contribution in [0, 0.1) is 17.0 Å². The van der Waals surface area contributed by atoms with Crippen molar-refractivity contribution < 1.29 is 4.92 Å². The number of fused-ring (bicyclic) bond motifs is 1. The second kappa shape index (κ2) is 3.47. The van der Waals surface area contributed by atoms with Gasteiger partial charge in [-0.1, -0.05) is 11.6 Å². The zero-order chi connectivity index (χ0) is 11.0. The first kappa shape index (κ1) is 9.86. The van der Waals surface area contributed by atoms with Crippen molar-refractivity contribution in [2.75, 3.05) is 0 Å². The van der Waals surface area contributed by atoms with E-state index in [1.807, 2.05) is 0 Å². The van der Waals surface area contributed by atoms with Gasteiger partial charge in [-0.2, -0.15) is 0 Å². The topological polar surface area (TPSA) is 56.0 Å². The Morgan fingerprint density at radius 3 is 2.73 bits per heavy atom. The van der Waals surface area contributed by atoms with Gasteiger partial charge in [-0.15, -0.1) is 0 Å². The van der Waals surface area contributed by atoms with Crippen molar-refractivity contribution in [1.82, 2.24) is 4.98 Å². The summed E-state index contributed by atoms with van der Waals surface area (Å²) in [6.45, 7) is 1.78. The van der Waals surface area contributed by atoms with Crippen molar-refractivity contribution in [3.63, 3.8) is 0 Å². The lowest BCUT2D eigenvalue weighted by molar-refractivity contribution is -0.383. The number of non-ortho nitro benzene ring substituents is 1. The molecule has 2 rings (SSSR count). The fraction of sp³-hybridized carbons (Fsp3) is 0.100. The van der Waals surface area contributed by atoms with E-state index < -0.39 is 4.92 Å². The summed E-state index contributed by atoms with van der Waals surface area (Å²) in [5, 5.41) is 11.8. The van der Waals surface area contributed by atoms with Gasteiger partial charge in [0.05, 0.1) is 9.95 Å². The predicted octanol–water partition coefficient (Wildman–Crippen LogP) is 3.10. The molecule has 5 heteroatoms. The Balaban J connectivity index is 2.90. The Bertz CT molecular complexity index is 554. The highest BCUT2D eigenvalue weighted by atomic mass is 35.5. The number of aromatic nitrogens is 1. The van der Waals surface area contributed by atoms with Crippen LogP contribution in [0.1, 0.15) is 5.69 Å². The fourth-order valence-corrected chi connectivity index (χ4v) is 1.63. The molecule has 0 aliphatic heterocycles. The maximum absolute atomic E-state index is 10.8. The molecule has 0 N–H and O–H groups in total. The largest absolute Gasteiger partial charge is 0.295 e. The van der Waals surface area contributed by atoms with E-state index in [1.54, 1.807) is 19.1 Å². The number of aryl methyl sites for hydroxylation is 1. The van der Waals surface area contributed by atoms with Crippen LogP contribution in [0.4, 0.5) is 5.69 Å². The number of pyridine rings is 1. The van der Waals surface area contributed by atoms with E-state index in [0.29, 0.717) is 15.9 Å². The van der Waals surface area contributed by atoms with E-state index in [1.165, 1.54) is 12.1 Å². The molecule has 15 heavy (non-hydrogen) atoms. The average Bonchev–Trinajstić information content (AvgIpc) is 2.17. The van der Waals surface area contributed by atoms with Gasteiger partial charge in [-0.05, 0) is 25.1 Å². The lowest BCUT2D eigenvalue weighted by Crippen LogP contribution is -1.93. The van der Waals surface area contributed by atoms with Crippen LogP contribution in [0.25, 0.3) is 10.9 Å². The highest BCUT2D eigenvalue weighted by Gasteiger charge is 2.14. The van der Waals surface area contributed by atoms with Gasteiger partial charge in [0.25, 0.3) is 5.69 Å². The lowest BCUT2D eigenvalue weighted by Gasteiger charge is -2.01. The molecule has 0 fully saturated rings. The Kier molecular flexibility index (Phi) is 2.28. The molecule has 0 aliphatic carbocycles. The number of hydrogen-bond acceptors (Lipinski definition) is 3. The molecule has 0 aliphatic rings. The van der Waals surface area contributed by atoms with Gasteiger partial charge in [0, 0.05) is 17.1 Å². The molecular weight excluding hydrogens is 216 g/mol. The van der Waals surface area contributed by atoms with Gasteiger partial charge in [0.2, 0.25) is 0 Å². The van der Waals surface area contributed by atoms with Crippen molar-refractivity contribution >= 4 is 28.2 Å². The number of benzene rings is 1. The first-order valence-electron chi connectivity index (χ1n) is 4.30. The average molecular weight is 223 g/mol. The molecule has 0 spiro atoms. The summed E-state index contributed by atoms with van der Waals surface area (Å²) >= 11 is 5.92. The first-order valence-corrected chi connectivity index (χ1v) is 4.67. The lowest BCUT2D eigenvalue weighted by atomic mass is 10.2. The van der Waals surface area contributed by atoms with E-state index in [9.17, 15) is 10.1 Å². The van der Waals surface area contributed by atoms with Gasteiger partial charge in [-0.3, -0.25) is 10.1 Å². The minimum Gasteiger partial charge on any atom is -0.258 e. The van der Waals surface area contributed by atoms with Crippen molar-refractivity contribution in [3.8, 4) is 0 Å². The highest BCUT2D eigenvalue weighted by molar-refractivity contribution is 6.35. The monoisotopic (exact) mass is 222 g/mol. The van der Waals surface area contributed by atoms with E-state index in [-0.39, 0.29) is 5.69 Å². The van der Waals surface area contributed by atoms with Crippen LogP contribution in [0.2, 0.25) is 5.02 Å². The minimum absolute atomic E-state index is 0.0156. The van der Waals surface area contributed by atoms with Crippen LogP contribution in [0.15, 0.2) is 24.3 Å². The minimum atomic E-state index is -0.453. The molecule has 1 heterocycles. The molecule has 1 aromatic heterocycles.